The summed E-state index contributed by atoms with van der Waals surface area (Å²) in [4.78, 5) is 25.8. The zero-order chi connectivity index (χ0) is 33.3. The highest BCUT2D eigenvalue weighted by Gasteiger charge is 2.32. The second-order valence-corrected chi connectivity index (χ2v) is 10.3. The average Bonchev–Trinajstić information content (AvgIpc) is 3.77. The predicted octanol–water partition coefficient (Wildman–Crippen LogP) is 8.85. The van der Waals surface area contributed by atoms with E-state index in [0.717, 1.165) is 36.0 Å². The SMILES string of the molecule is O=C(C=NNC(=O)c1cc2oc(-c3cccc(C(F)(F)F)c3)cc2n1Cc1ccccc1)c1ccc(-c2cccc(C(F)(F)F)c2)o1. The minimum Gasteiger partial charge on any atom is -0.454 e. The number of hydrazone groups is 1. The molecule has 0 saturated carbocycles. The Kier molecular flexibility index (Phi) is 8.06. The summed E-state index contributed by atoms with van der Waals surface area (Å²) in [6.07, 6.45) is -8.31. The number of rotatable bonds is 8. The molecule has 0 aliphatic rings. The Bertz CT molecular complexity index is 2120. The molecule has 3 heterocycles. The van der Waals surface area contributed by atoms with E-state index in [1.165, 1.54) is 48.5 Å². The summed E-state index contributed by atoms with van der Waals surface area (Å²) in [5.74, 6) is -1.50. The first-order valence-corrected chi connectivity index (χ1v) is 13.9. The van der Waals surface area contributed by atoms with Crippen LogP contribution in [0.3, 0.4) is 0 Å². The number of halogens is 6. The Morgan fingerprint density at radius 2 is 1.36 bits per heavy atom. The van der Waals surface area contributed by atoms with Gasteiger partial charge in [-0.05, 0) is 42.0 Å². The number of nitrogens with zero attached hydrogens (tertiary/aromatic N) is 2. The zero-order valence-corrected chi connectivity index (χ0v) is 23.9. The molecule has 47 heavy (non-hydrogen) atoms. The quantitative estimate of drug-likeness (QED) is 0.0772. The molecule has 0 bridgehead atoms. The number of benzene rings is 3. The van der Waals surface area contributed by atoms with Crippen molar-refractivity contribution in [1.82, 2.24) is 9.99 Å². The van der Waals surface area contributed by atoms with E-state index in [-0.39, 0.29) is 46.2 Å². The monoisotopic (exact) mass is 649 g/mol. The van der Waals surface area contributed by atoms with Crippen molar-refractivity contribution in [3.63, 3.8) is 0 Å². The smallest absolute Gasteiger partial charge is 0.416 e. The Morgan fingerprint density at radius 3 is 2.00 bits per heavy atom. The van der Waals surface area contributed by atoms with Crippen molar-refractivity contribution in [2.75, 3.05) is 0 Å². The first-order chi connectivity index (χ1) is 22.4. The minimum atomic E-state index is -4.56. The van der Waals surface area contributed by atoms with Gasteiger partial charge >= 0.3 is 12.4 Å². The predicted molar refractivity (Wildman–Crippen MR) is 160 cm³/mol. The number of carbonyl (C=O) groups excluding carboxylic acids is 2. The maximum absolute atomic E-state index is 13.3. The maximum Gasteiger partial charge on any atom is 0.416 e. The lowest BCUT2D eigenvalue weighted by atomic mass is 10.1. The molecule has 0 atom stereocenters. The van der Waals surface area contributed by atoms with Crippen molar-refractivity contribution in [3.05, 3.63) is 131 Å². The van der Waals surface area contributed by atoms with Crippen molar-refractivity contribution in [2.45, 2.75) is 18.9 Å². The van der Waals surface area contributed by atoms with E-state index < -0.39 is 35.2 Å². The molecule has 238 valence electrons. The lowest BCUT2D eigenvalue weighted by molar-refractivity contribution is -0.138. The van der Waals surface area contributed by atoms with Gasteiger partial charge in [-0.1, -0.05) is 54.6 Å². The Balaban J connectivity index is 1.23. The number of ketones is 1. The van der Waals surface area contributed by atoms with Crippen LogP contribution in [0.5, 0.6) is 0 Å². The molecule has 7 nitrogen and oxygen atoms in total. The number of hydrogen-bond acceptors (Lipinski definition) is 5. The number of furan rings is 2. The number of hydrogen-bond donors (Lipinski definition) is 1. The Labute approximate surface area is 261 Å². The Hall–Kier alpha value is -5.85. The number of nitrogens with one attached hydrogen (secondary N) is 1. The summed E-state index contributed by atoms with van der Waals surface area (Å²) < 4.78 is 92.0. The summed E-state index contributed by atoms with van der Waals surface area (Å²) in [6, 6.07) is 23.8. The molecule has 0 saturated heterocycles. The number of Topliss-reactive ketones (excluding diaryl/α,β-unsaturated/α-hetero) is 1. The van der Waals surface area contributed by atoms with E-state index in [4.69, 9.17) is 8.83 Å². The second-order valence-electron chi connectivity index (χ2n) is 10.3. The highest BCUT2D eigenvalue weighted by atomic mass is 19.4. The number of aromatic nitrogens is 1. The molecular formula is C34H21F6N3O4. The molecule has 13 heteroatoms. The van der Waals surface area contributed by atoms with Crippen LogP contribution in [0, 0.1) is 0 Å². The van der Waals surface area contributed by atoms with E-state index >= 15 is 0 Å². The molecule has 0 aliphatic heterocycles. The number of amides is 1. The number of fused-ring (bicyclic) bond motifs is 1. The fourth-order valence-corrected chi connectivity index (χ4v) is 4.90. The molecule has 6 aromatic rings. The normalized spacial score (nSPS) is 12.2. The molecule has 3 aromatic carbocycles. The van der Waals surface area contributed by atoms with Crippen LogP contribution < -0.4 is 5.43 Å². The summed E-state index contributed by atoms with van der Waals surface area (Å²) in [5.41, 5.74) is 2.44. The number of alkyl halides is 6. The van der Waals surface area contributed by atoms with Gasteiger partial charge in [0.2, 0.25) is 5.78 Å². The van der Waals surface area contributed by atoms with Crippen LogP contribution in [-0.4, -0.2) is 22.5 Å². The zero-order valence-electron chi connectivity index (χ0n) is 23.9. The van der Waals surface area contributed by atoms with Gasteiger partial charge in [0.1, 0.15) is 17.2 Å². The van der Waals surface area contributed by atoms with Crippen molar-refractivity contribution < 1.29 is 44.8 Å². The first kappa shape index (κ1) is 31.1. The van der Waals surface area contributed by atoms with Gasteiger partial charge in [-0.3, -0.25) is 9.59 Å². The van der Waals surface area contributed by atoms with E-state index in [2.05, 4.69) is 10.5 Å². The summed E-state index contributed by atoms with van der Waals surface area (Å²) in [6.45, 7) is 0.196. The molecule has 0 spiro atoms. The van der Waals surface area contributed by atoms with Crippen molar-refractivity contribution >= 4 is 29.0 Å². The fraction of sp³-hybridized carbons (Fsp3) is 0.0882. The average molecular weight is 650 g/mol. The van der Waals surface area contributed by atoms with Gasteiger partial charge in [-0.25, -0.2) is 5.43 Å². The van der Waals surface area contributed by atoms with Crippen LogP contribution in [-0.2, 0) is 18.9 Å². The summed E-state index contributed by atoms with van der Waals surface area (Å²) in [5, 5.41) is 3.72. The molecule has 0 unspecified atom stereocenters. The molecule has 6 rings (SSSR count). The van der Waals surface area contributed by atoms with Crippen LogP contribution in [0.4, 0.5) is 26.3 Å². The molecule has 0 aliphatic carbocycles. The Morgan fingerprint density at radius 1 is 0.723 bits per heavy atom. The second kappa shape index (κ2) is 12.2. The topological polar surface area (TPSA) is 89.7 Å². The van der Waals surface area contributed by atoms with Crippen LogP contribution in [0.1, 0.15) is 37.7 Å². The lowest BCUT2D eigenvalue weighted by Gasteiger charge is -2.09. The van der Waals surface area contributed by atoms with Gasteiger partial charge in [0.25, 0.3) is 5.91 Å². The fourth-order valence-electron chi connectivity index (χ4n) is 4.90. The van der Waals surface area contributed by atoms with E-state index in [1.807, 2.05) is 30.3 Å². The van der Waals surface area contributed by atoms with Crippen molar-refractivity contribution in [2.24, 2.45) is 5.10 Å². The standard InChI is InChI=1S/C34H21F6N3O4/c35-33(36,37)23-10-4-8-21(14-23)28-12-13-29(46-28)27(44)18-41-42-32(45)26-17-31-25(43(26)19-20-6-2-1-3-7-20)16-30(47-31)22-9-5-11-24(15-22)34(38,39)40/h1-18H,19H2,(H,42,45). The van der Waals surface area contributed by atoms with Gasteiger partial charge in [0.15, 0.2) is 11.3 Å². The molecule has 1 N–H and O–H groups in total. The van der Waals surface area contributed by atoms with Gasteiger partial charge in [0.05, 0.1) is 22.9 Å². The molecule has 0 radical (unpaired) electrons. The van der Waals surface area contributed by atoms with Crippen molar-refractivity contribution in [3.8, 4) is 22.6 Å². The summed E-state index contributed by atoms with van der Waals surface area (Å²) >= 11 is 0. The molecule has 3 aromatic heterocycles. The van der Waals surface area contributed by atoms with Gasteiger partial charge in [0, 0.05) is 29.8 Å². The van der Waals surface area contributed by atoms with E-state index in [1.54, 1.807) is 4.57 Å². The lowest BCUT2D eigenvalue weighted by Crippen LogP contribution is -2.22. The van der Waals surface area contributed by atoms with E-state index in [9.17, 15) is 35.9 Å². The summed E-state index contributed by atoms with van der Waals surface area (Å²) in [7, 11) is 0. The van der Waals surface area contributed by atoms with Gasteiger partial charge in [-0.15, -0.1) is 0 Å². The third-order valence-corrected chi connectivity index (χ3v) is 7.15. The largest absolute Gasteiger partial charge is 0.454 e. The third kappa shape index (κ3) is 6.73. The molecular weight excluding hydrogens is 628 g/mol. The molecule has 0 fully saturated rings. The highest BCUT2D eigenvalue weighted by molar-refractivity contribution is 6.34. The van der Waals surface area contributed by atoms with Gasteiger partial charge in [-0.2, -0.15) is 31.4 Å². The highest BCUT2D eigenvalue weighted by Crippen LogP contribution is 2.36. The first-order valence-electron chi connectivity index (χ1n) is 13.9. The van der Waals surface area contributed by atoms with Crippen LogP contribution in [0.15, 0.2) is 117 Å². The van der Waals surface area contributed by atoms with E-state index in [0.29, 0.717) is 5.52 Å². The minimum absolute atomic E-state index is 0.0303. The van der Waals surface area contributed by atoms with Crippen molar-refractivity contribution in [1.29, 1.82) is 0 Å². The van der Waals surface area contributed by atoms with Crippen LogP contribution >= 0.6 is 0 Å². The van der Waals surface area contributed by atoms with Crippen LogP contribution in [0.2, 0.25) is 0 Å². The van der Waals surface area contributed by atoms with Gasteiger partial charge < -0.3 is 13.4 Å². The third-order valence-electron chi connectivity index (χ3n) is 7.15. The van der Waals surface area contributed by atoms with Crippen LogP contribution in [0.25, 0.3) is 33.7 Å². The maximum atomic E-state index is 13.3. The molecule has 1 amide bonds. The number of carbonyl (C=O) groups is 2.